The van der Waals surface area contributed by atoms with E-state index in [1.54, 1.807) is 35.7 Å². The molecule has 0 saturated heterocycles. The van der Waals surface area contributed by atoms with Crippen molar-refractivity contribution in [3.63, 3.8) is 0 Å². The molecule has 7 nitrogen and oxygen atoms in total. The van der Waals surface area contributed by atoms with Gasteiger partial charge >= 0.3 is 5.97 Å². The molecule has 0 fully saturated rings. The number of nitrogens with one attached hydrogen (secondary N) is 1. The molecule has 1 aliphatic rings. The van der Waals surface area contributed by atoms with Crippen LogP contribution >= 0.6 is 11.6 Å². The van der Waals surface area contributed by atoms with E-state index >= 15 is 0 Å². The molecule has 4 heterocycles. The van der Waals surface area contributed by atoms with Gasteiger partial charge in [-0.3, -0.25) is 9.20 Å². The van der Waals surface area contributed by atoms with E-state index in [0.29, 0.717) is 29.9 Å². The number of aromatic carboxylic acids is 1. The van der Waals surface area contributed by atoms with E-state index in [4.69, 9.17) is 11.6 Å². The Morgan fingerprint density at radius 2 is 1.89 bits per heavy atom. The average Bonchev–Trinajstić information content (AvgIpc) is 3.25. The van der Waals surface area contributed by atoms with E-state index in [0.717, 1.165) is 27.9 Å². The van der Waals surface area contributed by atoms with E-state index < -0.39 is 5.97 Å². The standard InChI is InChI=1S/C27H24ClFN4O3/c1-14-8-20(16(3)30-21-6-7-24(28)31-25(21)27(35)36)23-10-22(15(2)26(34)33(23)11-14)32-12-17-4-5-19(29)9-18(17)13-32/h4-11,16,30H,12-13H2,1-3H3,(H,35,36)/t16-/m1/s1. The average molecular weight is 507 g/mol. The second kappa shape index (κ2) is 8.95. The molecular formula is C27H24ClFN4O3. The maximum atomic E-state index is 13.8. The van der Waals surface area contributed by atoms with Gasteiger partial charge in [0.25, 0.3) is 5.56 Å². The van der Waals surface area contributed by atoms with Crippen LogP contribution in [0.25, 0.3) is 5.52 Å². The largest absolute Gasteiger partial charge is 0.476 e. The number of aryl methyl sites for hydroxylation is 1. The van der Waals surface area contributed by atoms with Crippen LogP contribution < -0.4 is 15.8 Å². The van der Waals surface area contributed by atoms with Gasteiger partial charge in [0.15, 0.2) is 5.69 Å². The van der Waals surface area contributed by atoms with Crippen LogP contribution in [0.4, 0.5) is 15.8 Å². The van der Waals surface area contributed by atoms with Crippen molar-refractivity contribution in [2.24, 2.45) is 0 Å². The number of carboxylic acid groups (broad SMARTS) is 1. The predicted molar refractivity (Wildman–Crippen MR) is 138 cm³/mol. The maximum absolute atomic E-state index is 13.8. The zero-order chi connectivity index (χ0) is 25.7. The molecule has 36 heavy (non-hydrogen) atoms. The van der Waals surface area contributed by atoms with Gasteiger partial charge in [0.1, 0.15) is 11.0 Å². The lowest BCUT2D eigenvalue weighted by Crippen LogP contribution is -2.25. The molecule has 0 saturated carbocycles. The first kappa shape index (κ1) is 23.8. The molecule has 1 atom stereocenters. The zero-order valence-electron chi connectivity index (χ0n) is 20.0. The molecule has 9 heteroatoms. The van der Waals surface area contributed by atoms with Crippen LogP contribution in [-0.2, 0) is 13.1 Å². The second-order valence-electron chi connectivity index (χ2n) is 9.16. The van der Waals surface area contributed by atoms with Crippen molar-refractivity contribution in [3.8, 4) is 0 Å². The molecule has 4 aromatic rings. The maximum Gasteiger partial charge on any atom is 0.356 e. The van der Waals surface area contributed by atoms with Crippen molar-refractivity contribution in [1.29, 1.82) is 0 Å². The fraction of sp³-hybridized carbons (Fsp3) is 0.222. The molecule has 0 amide bonds. The Bertz CT molecular complexity index is 1600. The van der Waals surface area contributed by atoms with Gasteiger partial charge in [-0.15, -0.1) is 0 Å². The lowest BCUT2D eigenvalue weighted by atomic mass is 10.0. The highest BCUT2D eigenvalue weighted by atomic mass is 35.5. The van der Waals surface area contributed by atoms with Crippen LogP contribution in [0.2, 0.25) is 5.15 Å². The van der Waals surface area contributed by atoms with Gasteiger partial charge in [-0.2, -0.15) is 0 Å². The van der Waals surface area contributed by atoms with Gasteiger partial charge in [-0.1, -0.05) is 23.7 Å². The number of anilines is 2. The number of benzene rings is 1. The summed E-state index contributed by atoms with van der Waals surface area (Å²) in [5.41, 5.74) is 5.75. The van der Waals surface area contributed by atoms with Crippen LogP contribution in [0.5, 0.6) is 0 Å². The summed E-state index contributed by atoms with van der Waals surface area (Å²) in [6.45, 7) is 6.70. The van der Waals surface area contributed by atoms with Crippen LogP contribution in [-0.4, -0.2) is 20.5 Å². The molecule has 1 aliphatic heterocycles. The zero-order valence-corrected chi connectivity index (χ0v) is 20.7. The van der Waals surface area contributed by atoms with Crippen LogP contribution in [0, 0.1) is 19.7 Å². The number of hydrogen-bond acceptors (Lipinski definition) is 5. The number of nitrogens with zero attached hydrogens (tertiary/aromatic N) is 3. The van der Waals surface area contributed by atoms with Gasteiger partial charge in [0.2, 0.25) is 0 Å². The van der Waals surface area contributed by atoms with Crippen molar-refractivity contribution < 1.29 is 14.3 Å². The summed E-state index contributed by atoms with van der Waals surface area (Å²) >= 11 is 5.90. The molecule has 0 spiro atoms. The van der Waals surface area contributed by atoms with Crippen molar-refractivity contribution in [2.45, 2.75) is 39.9 Å². The Hall–Kier alpha value is -3.91. The van der Waals surface area contributed by atoms with Crippen LogP contribution in [0.15, 0.2) is 53.5 Å². The van der Waals surface area contributed by atoms with E-state index in [-0.39, 0.29) is 28.3 Å². The van der Waals surface area contributed by atoms with Crippen molar-refractivity contribution in [3.05, 3.63) is 103 Å². The SMILES string of the molecule is Cc1cc([C@@H](C)Nc2ccc(Cl)nc2C(=O)O)c2cc(N3Cc4ccc(F)cc4C3)c(C)c(=O)n2c1. The Morgan fingerprint density at radius 1 is 1.14 bits per heavy atom. The monoisotopic (exact) mass is 506 g/mol. The molecular weight excluding hydrogens is 483 g/mol. The first-order valence-corrected chi connectivity index (χ1v) is 11.9. The minimum Gasteiger partial charge on any atom is -0.476 e. The van der Waals surface area contributed by atoms with Gasteiger partial charge in [-0.05, 0) is 73.4 Å². The summed E-state index contributed by atoms with van der Waals surface area (Å²) in [4.78, 5) is 31.2. The van der Waals surface area contributed by atoms with Crippen LogP contribution in [0.3, 0.4) is 0 Å². The number of aromatic nitrogens is 2. The van der Waals surface area contributed by atoms with Gasteiger partial charge < -0.3 is 15.3 Å². The first-order chi connectivity index (χ1) is 17.1. The Labute approximate surface area is 211 Å². The Kier molecular flexibility index (Phi) is 5.92. The van der Waals surface area contributed by atoms with Crippen molar-refractivity contribution >= 4 is 34.5 Å². The molecule has 0 radical (unpaired) electrons. The van der Waals surface area contributed by atoms with E-state index in [9.17, 15) is 19.1 Å². The summed E-state index contributed by atoms with van der Waals surface area (Å²) in [5, 5.41) is 12.9. The number of pyridine rings is 3. The van der Waals surface area contributed by atoms with Gasteiger partial charge in [-0.25, -0.2) is 14.2 Å². The molecule has 0 bridgehead atoms. The van der Waals surface area contributed by atoms with Gasteiger partial charge in [0, 0.05) is 30.5 Å². The second-order valence-corrected chi connectivity index (χ2v) is 9.55. The predicted octanol–water partition coefficient (Wildman–Crippen LogP) is 5.50. The van der Waals surface area contributed by atoms with Crippen LogP contribution in [0.1, 0.15) is 51.3 Å². The molecule has 5 rings (SSSR count). The lowest BCUT2D eigenvalue weighted by molar-refractivity contribution is 0.0691. The fourth-order valence-electron chi connectivity index (χ4n) is 4.85. The Balaban J connectivity index is 1.60. The summed E-state index contributed by atoms with van der Waals surface area (Å²) in [6.07, 6.45) is 1.80. The molecule has 0 aliphatic carbocycles. The topological polar surface area (TPSA) is 86.9 Å². The number of rotatable bonds is 5. The third-order valence-corrected chi connectivity index (χ3v) is 6.81. The van der Waals surface area contributed by atoms with E-state index in [2.05, 4.69) is 15.2 Å². The first-order valence-electron chi connectivity index (χ1n) is 11.5. The molecule has 0 unspecified atom stereocenters. The van der Waals surface area contributed by atoms with Crippen molar-refractivity contribution in [2.75, 3.05) is 10.2 Å². The van der Waals surface area contributed by atoms with E-state index in [1.165, 1.54) is 12.1 Å². The Morgan fingerprint density at radius 3 is 2.64 bits per heavy atom. The molecule has 2 N–H and O–H groups in total. The minimum absolute atomic E-state index is 0.0877. The third-order valence-electron chi connectivity index (χ3n) is 6.60. The number of fused-ring (bicyclic) bond motifs is 2. The number of carbonyl (C=O) groups is 1. The van der Waals surface area contributed by atoms with Crippen molar-refractivity contribution in [1.82, 2.24) is 9.38 Å². The normalized spacial score (nSPS) is 13.6. The highest BCUT2D eigenvalue weighted by Gasteiger charge is 2.24. The molecule has 3 aromatic heterocycles. The summed E-state index contributed by atoms with van der Waals surface area (Å²) in [5.74, 6) is -1.47. The lowest BCUT2D eigenvalue weighted by Gasteiger charge is -2.24. The summed E-state index contributed by atoms with van der Waals surface area (Å²) in [7, 11) is 0. The number of hydrogen-bond donors (Lipinski definition) is 2. The number of halogens is 2. The number of carboxylic acids is 1. The molecule has 184 valence electrons. The quantitative estimate of drug-likeness (QED) is 0.348. The van der Waals surface area contributed by atoms with Gasteiger partial charge in [0.05, 0.1) is 17.2 Å². The van der Waals surface area contributed by atoms with E-state index in [1.807, 2.05) is 26.0 Å². The summed E-state index contributed by atoms with van der Waals surface area (Å²) in [6, 6.07) is 11.5. The highest BCUT2D eigenvalue weighted by molar-refractivity contribution is 6.29. The summed E-state index contributed by atoms with van der Waals surface area (Å²) < 4.78 is 15.4. The minimum atomic E-state index is -1.19. The third kappa shape index (κ3) is 4.18. The molecule has 1 aromatic carbocycles. The fourth-order valence-corrected chi connectivity index (χ4v) is 5.00. The highest BCUT2D eigenvalue weighted by Crippen LogP contribution is 2.33. The smallest absolute Gasteiger partial charge is 0.356 e.